The van der Waals surface area contributed by atoms with Crippen molar-refractivity contribution in [1.82, 2.24) is 10.2 Å². The van der Waals surface area contributed by atoms with Crippen LogP contribution in [-0.4, -0.2) is 27.9 Å². The topological polar surface area (TPSA) is 95.2 Å². The highest BCUT2D eigenvalue weighted by Gasteiger charge is 2.27. The number of piperidine rings is 1. The second kappa shape index (κ2) is 7.29. The van der Waals surface area contributed by atoms with Gasteiger partial charge in [0, 0.05) is 24.2 Å². The van der Waals surface area contributed by atoms with Crippen LogP contribution in [-0.2, 0) is 16.0 Å². The number of carbonyl (C=O) groups is 3. The fourth-order valence-electron chi connectivity index (χ4n) is 2.81. The lowest BCUT2D eigenvalue weighted by Gasteiger charge is -2.24. The molecular formula is C18H20N4O3. The summed E-state index contributed by atoms with van der Waals surface area (Å²) in [4.78, 5) is 37.3. The van der Waals surface area contributed by atoms with E-state index < -0.39 is 0 Å². The maximum atomic E-state index is 12.2. The summed E-state index contributed by atoms with van der Waals surface area (Å²) < 4.78 is 0. The number of carbonyl (C=O) groups excluding carboxylic acids is 3. The van der Waals surface area contributed by atoms with Crippen LogP contribution in [0.1, 0.15) is 48.8 Å². The largest absolute Gasteiger partial charge is 0.321 e. The van der Waals surface area contributed by atoms with Gasteiger partial charge in [0.05, 0.1) is 5.69 Å². The van der Waals surface area contributed by atoms with Crippen molar-refractivity contribution < 1.29 is 14.4 Å². The second-order valence-electron chi connectivity index (χ2n) is 6.01. The van der Waals surface area contributed by atoms with Crippen LogP contribution in [0.5, 0.6) is 0 Å². The fraction of sp³-hybridized carbons (Fsp3) is 0.333. The number of amides is 3. The summed E-state index contributed by atoms with van der Waals surface area (Å²) in [5.41, 5.74) is 2.35. The van der Waals surface area contributed by atoms with Gasteiger partial charge in [-0.1, -0.05) is 13.3 Å². The molecule has 0 bridgehead atoms. The molecule has 0 atom stereocenters. The highest BCUT2D eigenvalue weighted by Crippen LogP contribution is 2.23. The molecule has 130 valence electrons. The standard InChI is InChI=1S/C18H20N4O3/c1-2-4-13-11-15(21-20-13)18(25)19-12-7-9-14(10-8-12)22-16(23)5-3-6-17(22)24/h7-11H,2-6H2,1H3,(H,19,25)(H,20,21). The second-order valence-corrected chi connectivity index (χ2v) is 6.01. The van der Waals surface area contributed by atoms with E-state index in [-0.39, 0.29) is 17.7 Å². The molecule has 2 heterocycles. The van der Waals surface area contributed by atoms with Crippen LogP contribution < -0.4 is 10.2 Å². The lowest BCUT2D eigenvalue weighted by atomic mass is 10.1. The normalized spacial score (nSPS) is 14.7. The SMILES string of the molecule is CCCc1cc(C(=O)Nc2ccc(N3C(=O)CCCC3=O)cc2)n[nH]1. The van der Waals surface area contributed by atoms with Crippen LogP contribution in [0.15, 0.2) is 30.3 Å². The average Bonchev–Trinajstić information content (AvgIpc) is 3.05. The fourth-order valence-corrected chi connectivity index (χ4v) is 2.81. The molecule has 0 aliphatic carbocycles. The van der Waals surface area contributed by atoms with E-state index in [0.717, 1.165) is 18.5 Å². The van der Waals surface area contributed by atoms with E-state index in [1.165, 1.54) is 4.90 Å². The zero-order chi connectivity index (χ0) is 17.8. The molecule has 1 fully saturated rings. The van der Waals surface area contributed by atoms with Gasteiger partial charge in [-0.2, -0.15) is 5.10 Å². The molecule has 1 aromatic heterocycles. The summed E-state index contributed by atoms with van der Waals surface area (Å²) in [5, 5.41) is 9.61. The third-order valence-corrected chi connectivity index (χ3v) is 4.05. The number of nitrogens with zero attached hydrogens (tertiary/aromatic N) is 2. The van der Waals surface area contributed by atoms with Gasteiger partial charge in [-0.05, 0) is 43.2 Å². The minimum absolute atomic E-state index is 0.187. The predicted octanol–water partition coefficient (Wildman–Crippen LogP) is 2.66. The highest BCUT2D eigenvalue weighted by molar-refractivity contribution is 6.16. The zero-order valence-electron chi connectivity index (χ0n) is 14.0. The molecule has 0 saturated carbocycles. The first kappa shape index (κ1) is 16.9. The highest BCUT2D eigenvalue weighted by atomic mass is 16.2. The Morgan fingerprint density at radius 3 is 2.52 bits per heavy atom. The van der Waals surface area contributed by atoms with Gasteiger partial charge in [0.15, 0.2) is 5.69 Å². The molecule has 0 spiro atoms. The maximum absolute atomic E-state index is 12.2. The first-order valence-corrected chi connectivity index (χ1v) is 8.40. The van der Waals surface area contributed by atoms with Gasteiger partial charge in [-0.3, -0.25) is 24.4 Å². The van der Waals surface area contributed by atoms with E-state index in [0.29, 0.717) is 36.3 Å². The zero-order valence-corrected chi connectivity index (χ0v) is 14.0. The molecule has 1 aromatic carbocycles. The van der Waals surface area contributed by atoms with Crippen LogP contribution in [0, 0.1) is 0 Å². The van der Waals surface area contributed by atoms with Crippen molar-refractivity contribution >= 4 is 29.1 Å². The van der Waals surface area contributed by atoms with Crippen molar-refractivity contribution in [2.75, 3.05) is 10.2 Å². The summed E-state index contributed by atoms with van der Waals surface area (Å²) in [6.45, 7) is 2.06. The molecule has 7 nitrogen and oxygen atoms in total. The molecule has 1 aliphatic heterocycles. The van der Waals surface area contributed by atoms with Crippen LogP contribution >= 0.6 is 0 Å². The van der Waals surface area contributed by atoms with Gasteiger partial charge in [-0.25, -0.2) is 0 Å². The van der Waals surface area contributed by atoms with Gasteiger partial charge in [0.1, 0.15) is 0 Å². The van der Waals surface area contributed by atoms with Gasteiger partial charge in [-0.15, -0.1) is 0 Å². The number of nitrogens with one attached hydrogen (secondary N) is 2. The van der Waals surface area contributed by atoms with Crippen molar-refractivity contribution in [2.45, 2.75) is 39.0 Å². The van der Waals surface area contributed by atoms with E-state index in [4.69, 9.17) is 0 Å². The van der Waals surface area contributed by atoms with Crippen LogP contribution in [0.25, 0.3) is 0 Å². The number of aromatic nitrogens is 2. The molecule has 3 rings (SSSR count). The molecule has 0 radical (unpaired) electrons. The third kappa shape index (κ3) is 3.76. The monoisotopic (exact) mass is 340 g/mol. The Bertz CT molecular complexity index is 779. The van der Waals surface area contributed by atoms with Crippen LogP contribution in [0.2, 0.25) is 0 Å². The van der Waals surface area contributed by atoms with E-state index in [2.05, 4.69) is 22.4 Å². The van der Waals surface area contributed by atoms with E-state index in [1.54, 1.807) is 30.3 Å². The number of rotatable bonds is 5. The Morgan fingerprint density at radius 1 is 1.20 bits per heavy atom. The number of anilines is 2. The van der Waals surface area contributed by atoms with Crippen molar-refractivity contribution in [1.29, 1.82) is 0 Å². The molecule has 1 aliphatic rings. The number of benzene rings is 1. The lowest BCUT2D eigenvalue weighted by molar-refractivity contribution is -0.129. The smallest absolute Gasteiger partial charge is 0.276 e. The van der Waals surface area contributed by atoms with Crippen LogP contribution in [0.4, 0.5) is 11.4 Å². The van der Waals surface area contributed by atoms with Gasteiger partial charge < -0.3 is 5.32 Å². The summed E-state index contributed by atoms with van der Waals surface area (Å²) in [5.74, 6) is -0.683. The first-order chi connectivity index (χ1) is 12.1. The Balaban J connectivity index is 1.68. The molecule has 3 amide bonds. The number of aryl methyl sites for hydroxylation is 1. The van der Waals surface area contributed by atoms with Crippen LogP contribution in [0.3, 0.4) is 0 Å². The molecule has 25 heavy (non-hydrogen) atoms. The summed E-state index contributed by atoms with van der Waals surface area (Å²) in [7, 11) is 0. The van der Waals surface area contributed by atoms with E-state index >= 15 is 0 Å². The summed E-state index contributed by atoms with van der Waals surface area (Å²) in [6.07, 6.45) is 3.17. The molecular weight excluding hydrogens is 320 g/mol. The number of H-pyrrole nitrogens is 1. The van der Waals surface area contributed by atoms with Crippen molar-refractivity contribution in [3.63, 3.8) is 0 Å². The number of aromatic amines is 1. The predicted molar refractivity (Wildman–Crippen MR) is 93.3 cm³/mol. The average molecular weight is 340 g/mol. The minimum Gasteiger partial charge on any atom is -0.321 e. The Kier molecular flexibility index (Phi) is 4.92. The van der Waals surface area contributed by atoms with Gasteiger partial charge in [0.2, 0.25) is 11.8 Å². The maximum Gasteiger partial charge on any atom is 0.276 e. The molecule has 2 N–H and O–H groups in total. The molecule has 7 heteroatoms. The quantitative estimate of drug-likeness (QED) is 0.818. The van der Waals surface area contributed by atoms with E-state index in [1.807, 2.05) is 0 Å². The Hall–Kier alpha value is -2.96. The van der Waals surface area contributed by atoms with Crippen molar-refractivity contribution in [3.8, 4) is 0 Å². The first-order valence-electron chi connectivity index (χ1n) is 8.40. The molecule has 2 aromatic rings. The molecule has 0 unspecified atom stereocenters. The lowest BCUT2D eigenvalue weighted by Crippen LogP contribution is -2.40. The van der Waals surface area contributed by atoms with Crippen molar-refractivity contribution in [2.24, 2.45) is 0 Å². The number of imide groups is 1. The minimum atomic E-state index is -0.309. The third-order valence-electron chi connectivity index (χ3n) is 4.05. The van der Waals surface area contributed by atoms with Gasteiger partial charge in [0.25, 0.3) is 5.91 Å². The van der Waals surface area contributed by atoms with Crippen molar-refractivity contribution in [3.05, 3.63) is 41.7 Å². The Labute approximate surface area is 145 Å². The number of hydrogen-bond donors (Lipinski definition) is 2. The van der Waals surface area contributed by atoms with E-state index in [9.17, 15) is 14.4 Å². The number of hydrogen-bond acceptors (Lipinski definition) is 4. The summed E-state index contributed by atoms with van der Waals surface area (Å²) in [6, 6.07) is 8.38. The summed E-state index contributed by atoms with van der Waals surface area (Å²) >= 11 is 0. The van der Waals surface area contributed by atoms with Gasteiger partial charge >= 0.3 is 0 Å². The Morgan fingerprint density at radius 2 is 1.88 bits per heavy atom. The molecule has 1 saturated heterocycles.